The van der Waals surface area contributed by atoms with E-state index >= 15 is 0 Å². The number of anilines is 2. The number of nitrogens with zero attached hydrogens (tertiary/aromatic N) is 5. The van der Waals surface area contributed by atoms with Gasteiger partial charge in [-0.05, 0) is 34.5 Å². The molecule has 2 aliphatic rings. The Morgan fingerprint density at radius 1 is 1.27 bits per heavy atom. The Bertz CT molecular complexity index is 1080. The van der Waals surface area contributed by atoms with Crippen LogP contribution in [0.15, 0.2) is 47.3 Å². The van der Waals surface area contributed by atoms with Crippen molar-refractivity contribution in [2.45, 2.75) is 25.0 Å². The number of likely N-dealkylation sites (tertiary alicyclic amines) is 2. The molecule has 0 spiro atoms. The van der Waals surface area contributed by atoms with Crippen molar-refractivity contribution in [2.75, 3.05) is 18.4 Å². The second kappa shape index (κ2) is 7.77. The van der Waals surface area contributed by atoms with Crippen molar-refractivity contribution in [2.24, 2.45) is 0 Å². The summed E-state index contributed by atoms with van der Waals surface area (Å²) in [6.07, 6.45) is 5.96. The topological polar surface area (TPSA) is 90.0 Å². The van der Waals surface area contributed by atoms with Crippen molar-refractivity contribution in [3.8, 4) is 0 Å². The van der Waals surface area contributed by atoms with E-state index in [0.717, 1.165) is 24.5 Å². The number of rotatable bonds is 5. The van der Waals surface area contributed by atoms with Gasteiger partial charge < -0.3 is 10.2 Å². The first-order valence-corrected chi connectivity index (χ1v) is 10.4. The number of hydrogen-bond donors (Lipinski definition) is 2. The zero-order valence-electron chi connectivity index (χ0n) is 15.9. The van der Waals surface area contributed by atoms with Gasteiger partial charge in [0.25, 0.3) is 5.91 Å². The van der Waals surface area contributed by atoms with E-state index in [-0.39, 0.29) is 23.6 Å². The molecule has 154 valence electrons. The molecule has 2 aromatic heterocycles. The Kier molecular flexibility index (Phi) is 4.95. The quantitative estimate of drug-likeness (QED) is 0.594. The fourth-order valence-electron chi connectivity index (χ4n) is 4.23. The van der Waals surface area contributed by atoms with E-state index in [4.69, 9.17) is 0 Å². The number of fused-ring (bicyclic) bond motifs is 2. The Labute approximate surface area is 180 Å². The number of nitrogens with one attached hydrogen (secondary N) is 2. The minimum absolute atomic E-state index is 0.0835. The van der Waals surface area contributed by atoms with Gasteiger partial charge in [-0.2, -0.15) is 5.10 Å². The van der Waals surface area contributed by atoms with Crippen LogP contribution in [0.2, 0.25) is 0 Å². The molecule has 2 saturated heterocycles. The maximum absolute atomic E-state index is 14.4. The van der Waals surface area contributed by atoms with Gasteiger partial charge >= 0.3 is 0 Å². The van der Waals surface area contributed by atoms with Gasteiger partial charge in [0.1, 0.15) is 17.5 Å². The number of carbonyl (C=O) groups is 1. The molecule has 5 rings (SSSR count). The number of amides is 1. The third kappa shape index (κ3) is 3.56. The van der Waals surface area contributed by atoms with Crippen LogP contribution in [-0.2, 0) is 6.54 Å². The molecule has 1 amide bonds. The van der Waals surface area contributed by atoms with Crippen LogP contribution in [0.1, 0.15) is 22.5 Å². The molecule has 8 nitrogen and oxygen atoms in total. The molecule has 2 atom stereocenters. The monoisotopic (exact) mass is 471 g/mol. The Morgan fingerprint density at radius 3 is 2.93 bits per heavy atom. The fourth-order valence-corrected chi connectivity index (χ4v) is 4.60. The number of piperazine rings is 1. The third-order valence-corrected chi connectivity index (χ3v) is 6.22. The van der Waals surface area contributed by atoms with Crippen LogP contribution in [0.4, 0.5) is 16.0 Å². The maximum atomic E-state index is 14.4. The molecule has 30 heavy (non-hydrogen) atoms. The molecule has 2 N–H and O–H groups in total. The molecular formula is C20H19BrFN7O. The lowest BCUT2D eigenvalue weighted by atomic mass is 10.1. The predicted molar refractivity (Wildman–Crippen MR) is 112 cm³/mol. The summed E-state index contributed by atoms with van der Waals surface area (Å²) in [5, 5.41) is 9.86. The van der Waals surface area contributed by atoms with Crippen LogP contribution in [0, 0.1) is 5.82 Å². The molecule has 4 heterocycles. The standard InChI is InChI=1S/C20H19BrFN7O/c21-16-3-1-2-15(19(16)22)20(30)29-11-13-6-14(29)10-28(13)9-12-7-23-8-18(25-12)26-17-4-5-24-27-17/h1-5,7-8,13-14H,6,9-11H2,(H2,24,25,26,27)/t13-,14-/m1/s1. The van der Waals surface area contributed by atoms with Crippen molar-refractivity contribution in [1.29, 1.82) is 0 Å². The summed E-state index contributed by atoms with van der Waals surface area (Å²) in [6.45, 7) is 1.99. The number of aromatic nitrogens is 4. The van der Waals surface area contributed by atoms with E-state index in [1.165, 1.54) is 0 Å². The Morgan fingerprint density at radius 2 is 2.17 bits per heavy atom. The first-order chi connectivity index (χ1) is 14.6. The summed E-state index contributed by atoms with van der Waals surface area (Å²) in [4.78, 5) is 25.9. The molecular weight excluding hydrogens is 453 g/mol. The minimum atomic E-state index is -0.501. The van der Waals surface area contributed by atoms with Crippen LogP contribution in [0.25, 0.3) is 0 Å². The van der Waals surface area contributed by atoms with Crippen molar-refractivity contribution in [1.82, 2.24) is 30.0 Å². The zero-order chi connectivity index (χ0) is 20.7. The predicted octanol–water partition coefficient (Wildman–Crippen LogP) is 2.94. The average molecular weight is 472 g/mol. The van der Waals surface area contributed by atoms with Gasteiger partial charge in [-0.3, -0.25) is 19.8 Å². The highest BCUT2D eigenvalue weighted by atomic mass is 79.9. The molecule has 0 aliphatic carbocycles. The molecule has 2 aliphatic heterocycles. The van der Waals surface area contributed by atoms with E-state index in [1.54, 1.807) is 41.7 Å². The number of carbonyl (C=O) groups excluding carboxylic acids is 1. The first kappa shape index (κ1) is 19.1. The summed E-state index contributed by atoms with van der Waals surface area (Å²) in [5.41, 5.74) is 0.967. The van der Waals surface area contributed by atoms with Gasteiger partial charge in [-0.15, -0.1) is 0 Å². The lowest BCUT2D eigenvalue weighted by Crippen LogP contribution is -2.48. The number of halogens is 2. The summed E-state index contributed by atoms with van der Waals surface area (Å²) in [5.74, 6) is 0.643. The summed E-state index contributed by atoms with van der Waals surface area (Å²) in [7, 11) is 0. The SMILES string of the molecule is O=C(c1cccc(Br)c1F)N1C[C@H]2C[C@@H]1CN2Cc1cncc(Nc2ccn[nH]2)n1. The molecule has 0 radical (unpaired) electrons. The van der Waals surface area contributed by atoms with E-state index < -0.39 is 5.82 Å². The largest absolute Gasteiger partial charge is 0.333 e. The normalized spacial score (nSPS) is 20.7. The zero-order valence-corrected chi connectivity index (χ0v) is 17.5. The van der Waals surface area contributed by atoms with Gasteiger partial charge in [-0.1, -0.05) is 6.07 Å². The molecule has 0 saturated carbocycles. The Hall–Kier alpha value is -2.85. The molecule has 2 fully saturated rings. The highest BCUT2D eigenvalue weighted by molar-refractivity contribution is 9.10. The number of benzene rings is 1. The molecule has 3 aromatic rings. The Balaban J connectivity index is 1.24. The van der Waals surface area contributed by atoms with E-state index in [2.05, 4.69) is 46.3 Å². The van der Waals surface area contributed by atoms with Crippen molar-refractivity contribution < 1.29 is 9.18 Å². The van der Waals surface area contributed by atoms with Crippen LogP contribution in [-0.4, -0.2) is 61.0 Å². The van der Waals surface area contributed by atoms with Crippen LogP contribution in [0.5, 0.6) is 0 Å². The van der Waals surface area contributed by atoms with Crippen molar-refractivity contribution >= 4 is 33.5 Å². The third-order valence-electron chi connectivity index (χ3n) is 5.61. The molecule has 2 bridgehead atoms. The molecule has 1 aromatic carbocycles. The smallest absolute Gasteiger partial charge is 0.257 e. The second-order valence-electron chi connectivity index (χ2n) is 7.52. The van der Waals surface area contributed by atoms with Gasteiger partial charge in [0.05, 0.1) is 28.1 Å². The first-order valence-electron chi connectivity index (χ1n) is 9.65. The van der Waals surface area contributed by atoms with E-state index in [1.807, 2.05) is 6.07 Å². The van der Waals surface area contributed by atoms with Gasteiger partial charge in [0.2, 0.25) is 0 Å². The highest BCUT2D eigenvalue weighted by Crippen LogP contribution is 2.33. The van der Waals surface area contributed by atoms with Crippen LogP contribution >= 0.6 is 15.9 Å². The lowest BCUT2D eigenvalue weighted by molar-refractivity contribution is 0.0610. The molecule has 10 heteroatoms. The van der Waals surface area contributed by atoms with Crippen molar-refractivity contribution in [3.05, 3.63) is 64.4 Å². The van der Waals surface area contributed by atoms with Gasteiger partial charge in [0.15, 0.2) is 0 Å². The minimum Gasteiger partial charge on any atom is -0.333 e. The lowest BCUT2D eigenvalue weighted by Gasteiger charge is -2.34. The highest BCUT2D eigenvalue weighted by Gasteiger charge is 2.45. The van der Waals surface area contributed by atoms with Gasteiger partial charge in [0, 0.05) is 44.0 Å². The number of aromatic amines is 1. The molecule has 0 unspecified atom stereocenters. The maximum Gasteiger partial charge on any atom is 0.257 e. The summed E-state index contributed by atoms with van der Waals surface area (Å²) < 4.78 is 14.7. The fraction of sp³-hybridized carbons (Fsp3) is 0.300. The number of H-pyrrole nitrogens is 1. The number of hydrogen-bond acceptors (Lipinski definition) is 6. The van der Waals surface area contributed by atoms with Gasteiger partial charge in [-0.25, -0.2) is 9.37 Å². The van der Waals surface area contributed by atoms with E-state index in [9.17, 15) is 9.18 Å². The van der Waals surface area contributed by atoms with Crippen LogP contribution < -0.4 is 5.32 Å². The van der Waals surface area contributed by atoms with Crippen molar-refractivity contribution in [3.63, 3.8) is 0 Å². The summed E-state index contributed by atoms with van der Waals surface area (Å²) >= 11 is 3.16. The van der Waals surface area contributed by atoms with E-state index in [0.29, 0.717) is 23.4 Å². The summed E-state index contributed by atoms with van der Waals surface area (Å²) in [6, 6.07) is 6.96. The second-order valence-corrected chi connectivity index (χ2v) is 8.38. The average Bonchev–Trinajstić information content (AvgIpc) is 3.47. The van der Waals surface area contributed by atoms with Crippen LogP contribution in [0.3, 0.4) is 0 Å².